The normalized spacial score (nSPS) is 20.4. The van der Waals surface area contributed by atoms with Gasteiger partial charge in [0.1, 0.15) is 11.5 Å². The largest absolute Gasteiger partial charge is 0.497 e. The van der Waals surface area contributed by atoms with Crippen LogP contribution in [-0.4, -0.2) is 41.9 Å². The summed E-state index contributed by atoms with van der Waals surface area (Å²) in [7, 11) is 1.67. The summed E-state index contributed by atoms with van der Waals surface area (Å²) in [5, 5.41) is 9.67. The second-order valence-electron chi connectivity index (χ2n) is 6.49. The van der Waals surface area contributed by atoms with Gasteiger partial charge in [-0.05, 0) is 52.6 Å². The molecule has 0 bridgehead atoms. The van der Waals surface area contributed by atoms with Gasteiger partial charge in [-0.3, -0.25) is 4.90 Å². The van der Waals surface area contributed by atoms with Gasteiger partial charge in [-0.1, -0.05) is 6.07 Å². The molecule has 4 heteroatoms. The van der Waals surface area contributed by atoms with Gasteiger partial charge in [-0.25, -0.2) is 0 Å². The third-order valence-corrected chi connectivity index (χ3v) is 4.12. The number of ether oxygens (including phenoxy) is 2. The lowest BCUT2D eigenvalue weighted by Gasteiger charge is -2.27. The number of rotatable bonds is 7. The number of likely N-dealkylation sites (tertiary alicyclic amines) is 1. The van der Waals surface area contributed by atoms with Crippen LogP contribution in [0.1, 0.15) is 45.6 Å². The maximum atomic E-state index is 9.67. The Hall–Kier alpha value is -1.26. The van der Waals surface area contributed by atoms with E-state index in [1.807, 2.05) is 32.9 Å². The Labute approximate surface area is 134 Å². The Balaban J connectivity index is 2.13. The van der Waals surface area contributed by atoms with Crippen LogP contribution in [0.3, 0.4) is 0 Å². The van der Waals surface area contributed by atoms with Crippen LogP contribution in [0, 0.1) is 0 Å². The molecule has 1 aromatic rings. The van der Waals surface area contributed by atoms with E-state index in [1.165, 1.54) is 18.4 Å². The van der Waals surface area contributed by atoms with Gasteiger partial charge in [0, 0.05) is 24.2 Å². The molecule has 124 valence electrons. The van der Waals surface area contributed by atoms with E-state index < -0.39 is 0 Å². The molecule has 1 N–H and O–H groups in total. The summed E-state index contributed by atoms with van der Waals surface area (Å²) in [6.45, 7) is 7.90. The lowest BCUT2D eigenvalue weighted by Crippen LogP contribution is -2.31. The number of methoxy groups -OCH3 is 1. The van der Waals surface area contributed by atoms with E-state index in [-0.39, 0.29) is 12.2 Å². The highest BCUT2D eigenvalue weighted by Gasteiger charge is 2.26. The molecule has 0 radical (unpaired) electrons. The van der Waals surface area contributed by atoms with Crippen LogP contribution < -0.4 is 9.47 Å². The summed E-state index contributed by atoms with van der Waals surface area (Å²) in [4.78, 5) is 2.46. The first-order valence-corrected chi connectivity index (χ1v) is 8.25. The minimum Gasteiger partial charge on any atom is -0.497 e. The lowest BCUT2D eigenvalue weighted by atomic mass is 10.1. The van der Waals surface area contributed by atoms with E-state index in [9.17, 15) is 5.11 Å². The van der Waals surface area contributed by atoms with Crippen molar-refractivity contribution in [3.63, 3.8) is 0 Å². The second kappa shape index (κ2) is 7.84. The van der Waals surface area contributed by atoms with Gasteiger partial charge in [-0.2, -0.15) is 0 Å². The highest BCUT2D eigenvalue weighted by Crippen LogP contribution is 2.30. The van der Waals surface area contributed by atoms with Gasteiger partial charge in [-0.15, -0.1) is 0 Å². The SMILES string of the molecule is COc1ccc(CN2CCCC2CC(C)O)c(OC(C)C)c1. The zero-order valence-electron chi connectivity index (χ0n) is 14.2. The molecule has 1 aromatic carbocycles. The molecule has 22 heavy (non-hydrogen) atoms. The van der Waals surface area contributed by atoms with Crippen molar-refractivity contribution >= 4 is 0 Å². The highest BCUT2D eigenvalue weighted by atomic mass is 16.5. The van der Waals surface area contributed by atoms with Crippen LogP contribution in [0.2, 0.25) is 0 Å². The summed E-state index contributed by atoms with van der Waals surface area (Å²) in [5.41, 5.74) is 1.19. The predicted octanol–water partition coefficient (Wildman–Crippen LogP) is 3.22. The molecule has 0 aromatic heterocycles. The standard InChI is InChI=1S/C18H29NO3/c1-13(2)22-18-11-17(21-4)8-7-15(18)12-19-9-5-6-16(19)10-14(3)20/h7-8,11,13-14,16,20H,5-6,9-10,12H2,1-4H3. The van der Waals surface area contributed by atoms with Gasteiger partial charge >= 0.3 is 0 Å². The molecule has 1 aliphatic heterocycles. The Morgan fingerprint density at radius 2 is 2.09 bits per heavy atom. The monoisotopic (exact) mass is 307 g/mol. The molecule has 2 unspecified atom stereocenters. The van der Waals surface area contributed by atoms with Crippen molar-refractivity contribution in [2.45, 2.75) is 64.8 Å². The van der Waals surface area contributed by atoms with E-state index in [1.54, 1.807) is 7.11 Å². The van der Waals surface area contributed by atoms with Gasteiger partial charge in [0.05, 0.1) is 19.3 Å². The molecular weight excluding hydrogens is 278 g/mol. The molecule has 1 aliphatic rings. The van der Waals surface area contributed by atoms with E-state index in [0.29, 0.717) is 6.04 Å². The molecule has 1 fully saturated rings. The lowest BCUT2D eigenvalue weighted by molar-refractivity contribution is 0.129. The van der Waals surface area contributed by atoms with Crippen molar-refractivity contribution in [3.05, 3.63) is 23.8 Å². The number of hydrogen-bond acceptors (Lipinski definition) is 4. The quantitative estimate of drug-likeness (QED) is 0.840. The van der Waals surface area contributed by atoms with Crippen LogP contribution in [-0.2, 0) is 6.54 Å². The Kier molecular flexibility index (Phi) is 6.09. The molecule has 2 atom stereocenters. The van der Waals surface area contributed by atoms with Crippen LogP contribution in [0.5, 0.6) is 11.5 Å². The van der Waals surface area contributed by atoms with E-state index in [4.69, 9.17) is 9.47 Å². The predicted molar refractivity (Wildman–Crippen MR) is 88.5 cm³/mol. The van der Waals surface area contributed by atoms with Crippen molar-refractivity contribution in [2.24, 2.45) is 0 Å². The van der Waals surface area contributed by atoms with E-state index >= 15 is 0 Å². The molecule has 1 saturated heterocycles. The summed E-state index contributed by atoms with van der Waals surface area (Å²) in [5.74, 6) is 1.72. The van der Waals surface area contributed by atoms with E-state index in [0.717, 1.165) is 31.0 Å². The fraction of sp³-hybridized carbons (Fsp3) is 0.667. The van der Waals surface area contributed by atoms with Crippen molar-refractivity contribution in [1.82, 2.24) is 4.90 Å². The minimum absolute atomic E-state index is 0.137. The van der Waals surface area contributed by atoms with E-state index in [2.05, 4.69) is 11.0 Å². The fourth-order valence-corrected chi connectivity index (χ4v) is 3.14. The Morgan fingerprint density at radius 3 is 2.73 bits per heavy atom. The summed E-state index contributed by atoms with van der Waals surface area (Å²) in [6, 6.07) is 6.51. The molecule has 0 aliphatic carbocycles. The van der Waals surface area contributed by atoms with Gasteiger partial charge < -0.3 is 14.6 Å². The zero-order chi connectivity index (χ0) is 16.1. The summed E-state index contributed by atoms with van der Waals surface area (Å²) < 4.78 is 11.3. The summed E-state index contributed by atoms with van der Waals surface area (Å²) >= 11 is 0. The Bertz CT molecular complexity index is 473. The van der Waals surface area contributed by atoms with Crippen LogP contribution in [0.15, 0.2) is 18.2 Å². The van der Waals surface area contributed by atoms with Gasteiger partial charge in [0.15, 0.2) is 0 Å². The Morgan fingerprint density at radius 1 is 1.32 bits per heavy atom. The number of aliphatic hydroxyl groups is 1. The molecule has 1 heterocycles. The van der Waals surface area contributed by atoms with Gasteiger partial charge in [0.2, 0.25) is 0 Å². The van der Waals surface area contributed by atoms with Crippen molar-refractivity contribution < 1.29 is 14.6 Å². The van der Waals surface area contributed by atoms with Gasteiger partial charge in [0.25, 0.3) is 0 Å². The molecular formula is C18H29NO3. The highest BCUT2D eigenvalue weighted by molar-refractivity contribution is 5.41. The summed E-state index contributed by atoms with van der Waals surface area (Å²) in [6.07, 6.45) is 3.11. The topological polar surface area (TPSA) is 41.9 Å². The maximum Gasteiger partial charge on any atom is 0.127 e. The first-order valence-electron chi connectivity index (χ1n) is 8.25. The zero-order valence-corrected chi connectivity index (χ0v) is 14.2. The minimum atomic E-state index is -0.243. The number of aliphatic hydroxyl groups excluding tert-OH is 1. The fourth-order valence-electron chi connectivity index (χ4n) is 3.14. The average Bonchev–Trinajstić information content (AvgIpc) is 2.86. The van der Waals surface area contributed by atoms with Crippen LogP contribution in [0.25, 0.3) is 0 Å². The number of benzene rings is 1. The third kappa shape index (κ3) is 4.62. The average molecular weight is 307 g/mol. The molecule has 2 rings (SSSR count). The molecule has 0 spiro atoms. The number of hydrogen-bond donors (Lipinski definition) is 1. The molecule has 0 saturated carbocycles. The first kappa shape index (κ1) is 17.1. The van der Waals surface area contributed by atoms with Crippen molar-refractivity contribution in [3.8, 4) is 11.5 Å². The third-order valence-electron chi connectivity index (χ3n) is 4.12. The molecule has 4 nitrogen and oxygen atoms in total. The first-order chi connectivity index (χ1) is 10.5. The number of nitrogens with zero attached hydrogens (tertiary/aromatic N) is 1. The smallest absolute Gasteiger partial charge is 0.127 e. The van der Waals surface area contributed by atoms with Crippen molar-refractivity contribution in [1.29, 1.82) is 0 Å². The maximum absolute atomic E-state index is 9.67. The second-order valence-corrected chi connectivity index (χ2v) is 6.49. The van der Waals surface area contributed by atoms with Crippen LogP contribution >= 0.6 is 0 Å². The van der Waals surface area contributed by atoms with Crippen molar-refractivity contribution in [2.75, 3.05) is 13.7 Å². The molecule has 0 amide bonds. The van der Waals surface area contributed by atoms with Crippen LogP contribution in [0.4, 0.5) is 0 Å².